The van der Waals surface area contributed by atoms with Gasteiger partial charge in [0, 0.05) is 6.61 Å². The lowest BCUT2D eigenvalue weighted by atomic mass is 9.43. The van der Waals surface area contributed by atoms with E-state index in [1.165, 1.54) is 69.8 Å². The lowest BCUT2D eigenvalue weighted by molar-refractivity contribution is -0.226. The average Bonchev–Trinajstić information content (AvgIpc) is 3.37. The molecule has 1 aromatic carbocycles. The van der Waals surface area contributed by atoms with E-state index in [2.05, 4.69) is 65.0 Å². The second-order valence-electron chi connectivity index (χ2n) is 16.5. The lowest BCUT2D eigenvalue weighted by Crippen LogP contribution is -2.59. The first-order valence-electron chi connectivity index (χ1n) is 18.3. The fourth-order valence-electron chi connectivity index (χ4n) is 11.2. The quantitative estimate of drug-likeness (QED) is 0.274. The minimum Gasteiger partial charge on any atom is -0.393 e. The number of benzene rings is 1. The summed E-state index contributed by atoms with van der Waals surface area (Å²) in [6.45, 7) is 13.7. The van der Waals surface area contributed by atoms with Gasteiger partial charge in [0.25, 0.3) is 0 Å². The molecule has 0 aromatic heterocycles. The van der Waals surface area contributed by atoms with Crippen LogP contribution in [0.1, 0.15) is 124 Å². The lowest BCUT2D eigenvalue weighted by Gasteiger charge is -2.63. The fraction of sp³-hybridized carbons (Fsp3) is 0.846. The molecule has 242 valence electrons. The SMILES string of the molecule is CC(C)C(O)CC[C@@H](C)[C@H]1CC[C@H]2[C@@H]3[C@H](OCc4ccccc4)CC4C[C@@H](OC5CCCCO5)CC[C@]4(C)[C@H]3CC[C@]12C. The van der Waals surface area contributed by atoms with Crippen molar-refractivity contribution >= 4 is 0 Å². The number of hydrogen-bond acceptors (Lipinski definition) is 4. The van der Waals surface area contributed by atoms with Crippen LogP contribution in [0.2, 0.25) is 0 Å². The Morgan fingerprint density at radius 2 is 1.65 bits per heavy atom. The van der Waals surface area contributed by atoms with Crippen LogP contribution >= 0.6 is 0 Å². The summed E-state index contributed by atoms with van der Waals surface area (Å²) in [6.07, 6.45) is 16.3. The number of ether oxygens (including phenoxy) is 3. The highest BCUT2D eigenvalue weighted by atomic mass is 16.7. The molecule has 1 saturated heterocycles. The third-order valence-electron chi connectivity index (χ3n) is 13.8. The highest BCUT2D eigenvalue weighted by Crippen LogP contribution is 2.69. The zero-order valence-corrected chi connectivity index (χ0v) is 28.0. The molecule has 4 nitrogen and oxygen atoms in total. The summed E-state index contributed by atoms with van der Waals surface area (Å²) in [7, 11) is 0. The molecule has 1 aliphatic heterocycles. The summed E-state index contributed by atoms with van der Waals surface area (Å²) in [5.41, 5.74) is 2.07. The van der Waals surface area contributed by atoms with Crippen LogP contribution in [-0.4, -0.2) is 36.3 Å². The Labute approximate surface area is 263 Å². The first-order valence-corrected chi connectivity index (χ1v) is 18.3. The maximum atomic E-state index is 10.6. The molecule has 5 fully saturated rings. The smallest absolute Gasteiger partial charge is 0.157 e. The normalized spacial score (nSPS) is 42.6. The van der Waals surface area contributed by atoms with Gasteiger partial charge in [-0.2, -0.15) is 0 Å². The predicted molar refractivity (Wildman–Crippen MR) is 173 cm³/mol. The largest absolute Gasteiger partial charge is 0.393 e. The van der Waals surface area contributed by atoms with Crippen molar-refractivity contribution in [1.82, 2.24) is 0 Å². The van der Waals surface area contributed by atoms with Crippen LogP contribution < -0.4 is 0 Å². The number of rotatable bonds is 10. The molecular weight excluding hydrogens is 532 g/mol. The van der Waals surface area contributed by atoms with Gasteiger partial charge < -0.3 is 19.3 Å². The maximum absolute atomic E-state index is 10.6. The molecule has 0 bridgehead atoms. The van der Waals surface area contributed by atoms with Crippen LogP contribution in [0.5, 0.6) is 0 Å². The first kappa shape index (κ1) is 32.0. The third kappa shape index (κ3) is 6.51. The minimum absolute atomic E-state index is 0.0130. The highest BCUT2D eigenvalue weighted by molar-refractivity contribution is 5.15. The molecule has 0 spiro atoms. The van der Waals surface area contributed by atoms with Gasteiger partial charge in [-0.05, 0) is 141 Å². The Bertz CT molecular complexity index is 1020. The zero-order chi connectivity index (χ0) is 30.2. The zero-order valence-electron chi connectivity index (χ0n) is 28.0. The second-order valence-corrected chi connectivity index (χ2v) is 16.5. The van der Waals surface area contributed by atoms with Gasteiger partial charge in [0.05, 0.1) is 24.9 Å². The van der Waals surface area contributed by atoms with Gasteiger partial charge in [-0.1, -0.05) is 65.0 Å². The van der Waals surface area contributed by atoms with Crippen molar-refractivity contribution in [3.8, 4) is 0 Å². The van der Waals surface area contributed by atoms with Gasteiger partial charge in [0.15, 0.2) is 6.29 Å². The van der Waals surface area contributed by atoms with E-state index in [4.69, 9.17) is 14.2 Å². The van der Waals surface area contributed by atoms with Gasteiger partial charge in [0.1, 0.15) is 0 Å². The Morgan fingerprint density at radius 3 is 2.40 bits per heavy atom. The van der Waals surface area contributed by atoms with Crippen LogP contribution in [0.4, 0.5) is 0 Å². The third-order valence-corrected chi connectivity index (χ3v) is 13.8. The summed E-state index contributed by atoms with van der Waals surface area (Å²) in [4.78, 5) is 0. The molecule has 0 radical (unpaired) electrons. The number of aliphatic hydroxyl groups is 1. The molecule has 4 saturated carbocycles. The van der Waals surface area contributed by atoms with Crippen molar-refractivity contribution in [3.05, 3.63) is 35.9 Å². The molecular formula is C39H62O4. The van der Waals surface area contributed by atoms with Crippen molar-refractivity contribution in [2.45, 2.75) is 149 Å². The van der Waals surface area contributed by atoms with Gasteiger partial charge in [-0.3, -0.25) is 0 Å². The first-order chi connectivity index (χ1) is 20.7. The number of aliphatic hydroxyl groups excluding tert-OH is 1. The van der Waals surface area contributed by atoms with E-state index in [0.29, 0.717) is 46.7 Å². The number of hydrogen-bond donors (Lipinski definition) is 1. The molecule has 1 N–H and O–H groups in total. The topological polar surface area (TPSA) is 47.9 Å². The van der Waals surface area contributed by atoms with Crippen LogP contribution in [0.3, 0.4) is 0 Å². The molecule has 43 heavy (non-hydrogen) atoms. The van der Waals surface area contributed by atoms with E-state index in [0.717, 1.165) is 50.2 Å². The predicted octanol–water partition coefficient (Wildman–Crippen LogP) is 9.19. The van der Waals surface area contributed by atoms with Crippen molar-refractivity contribution in [2.24, 2.45) is 52.3 Å². The van der Waals surface area contributed by atoms with E-state index >= 15 is 0 Å². The number of fused-ring (bicyclic) bond motifs is 5. The van der Waals surface area contributed by atoms with Crippen LogP contribution in [0.15, 0.2) is 30.3 Å². The molecule has 1 heterocycles. The fourth-order valence-corrected chi connectivity index (χ4v) is 11.2. The summed E-state index contributed by atoms with van der Waals surface area (Å²) >= 11 is 0. The van der Waals surface area contributed by atoms with E-state index in [1.807, 2.05) is 0 Å². The molecule has 4 heteroatoms. The molecule has 6 rings (SSSR count). The molecule has 0 amide bonds. The minimum atomic E-state index is -0.169. The van der Waals surface area contributed by atoms with Crippen LogP contribution in [0, 0.1) is 52.3 Å². The summed E-state index contributed by atoms with van der Waals surface area (Å²) in [6, 6.07) is 10.8. The van der Waals surface area contributed by atoms with E-state index in [9.17, 15) is 5.11 Å². The Balaban J connectivity index is 1.21. The molecule has 4 aliphatic carbocycles. The van der Waals surface area contributed by atoms with Crippen molar-refractivity contribution < 1.29 is 19.3 Å². The van der Waals surface area contributed by atoms with E-state index < -0.39 is 0 Å². The van der Waals surface area contributed by atoms with Gasteiger partial charge in [-0.15, -0.1) is 0 Å². The average molecular weight is 595 g/mol. The molecule has 3 unspecified atom stereocenters. The maximum Gasteiger partial charge on any atom is 0.157 e. The molecule has 1 aromatic rings. The summed E-state index contributed by atoms with van der Waals surface area (Å²) in [5, 5.41) is 10.6. The van der Waals surface area contributed by atoms with Crippen molar-refractivity contribution in [2.75, 3.05) is 6.61 Å². The van der Waals surface area contributed by atoms with Crippen molar-refractivity contribution in [1.29, 1.82) is 0 Å². The second kappa shape index (κ2) is 13.4. The van der Waals surface area contributed by atoms with E-state index in [1.54, 1.807) is 0 Å². The van der Waals surface area contributed by atoms with Gasteiger partial charge >= 0.3 is 0 Å². The van der Waals surface area contributed by atoms with E-state index in [-0.39, 0.29) is 12.4 Å². The summed E-state index contributed by atoms with van der Waals surface area (Å²) in [5.74, 6) is 4.59. The Morgan fingerprint density at radius 1 is 0.884 bits per heavy atom. The molecule has 12 atom stereocenters. The van der Waals surface area contributed by atoms with Crippen LogP contribution in [0.25, 0.3) is 0 Å². The Hall–Kier alpha value is -0.940. The van der Waals surface area contributed by atoms with Crippen molar-refractivity contribution in [3.63, 3.8) is 0 Å². The Kier molecular flexibility index (Phi) is 10.00. The van der Waals surface area contributed by atoms with Gasteiger partial charge in [-0.25, -0.2) is 0 Å². The standard InChI is InChI=1S/C39H62O4/c1-26(2)34(40)17-14-27(3)31-15-16-32-37-33(19-21-39(31,32)5)38(4)20-18-30(43-36-13-9-10-22-41-36)23-29(38)24-35(37)42-25-28-11-7-6-8-12-28/h6-8,11-12,26-27,29-37,40H,9-10,13-25H2,1-5H3/t27-,29?,30+,31-,32+,33+,34?,35-,36?,37+,38+,39-/m1/s1. The summed E-state index contributed by atoms with van der Waals surface area (Å²) < 4.78 is 19.7. The molecule has 5 aliphatic rings. The monoisotopic (exact) mass is 594 g/mol. The van der Waals surface area contributed by atoms with Gasteiger partial charge in [0.2, 0.25) is 0 Å². The van der Waals surface area contributed by atoms with Crippen LogP contribution in [-0.2, 0) is 20.8 Å². The highest BCUT2D eigenvalue weighted by Gasteiger charge is 2.63.